The molecule has 1 amide bonds. The first kappa shape index (κ1) is 19.5. The molecule has 0 spiro atoms. The highest BCUT2D eigenvalue weighted by Gasteiger charge is 2.20. The quantitative estimate of drug-likeness (QED) is 0.885. The first-order valence-corrected chi connectivity index (χ1v) is 9.12. The average molecular weight is 379 g/mol. The second kappa shape index (κ2) is 8.63. The minimum atomic E-state index is -0.437. The third kappa shape index (κ3) is 4.53. The lowest BCUT2D eigenvalue weighted by atomic mass is 10.1. The van der Waals surface area contributed by atoms with E-state index in [1.54, 1.807) is 18.2 Å². The maximum Gasteiger partial charge on any atom is 0.257 e. The number of benzene rings is 2. The van der Waals surface area contributed by atoms with Gasteiger partial charge in [-0.2, -0.15) is 5.26 Å². The van der Waals surface area contributed by atoms with Crippen molar-refractivity contribution >= 4 is 23.1 Å². The van der Waals surface area contributed by atoms with Crippen LogP contribution in [0.3, 0.4) is 0 Å². The van der Waals surface area contributed by atoms with Crippen molar-refractivity contribution in [3.8, 4) is 6.07 Å². The third-order valence-electron chi connectivity index (χ3n) is 4.61. The maximum atomic E-state index is 13.4. The molecule has 1 saturated heterocycles. The fourth-order valence-electron chi connectivity index (χ4n) is 3.08. The Hall–Kier alpha value is -3.24. The number of nitrogens with zero attached hydrogens (tertiary/aromatic N) is 4. The number of rotatable bonds is 4. The van der Waals surface area contributed by atoms with Gasteiger partial charge in [-0.05, 0) is 50.4 Å². The third-order valence-corrected chi connectivity index (χ3v) is 4.61. The lowest BCUT2D eigenvalue weighted by molar-refractivity contribution is 0.102. The molecule has 0 atom stereocenters. The number of anilines is 1. The molecule has 0 radical (unpaired) electrons. The highest BCUT2D eigenvalue weighted by molar-refractivity contribution is 6.08. The van der Waals surface area contributed by atoms with Crippen LogP contribution in [0.15, 0.2) is 47.5 Å². The number of carbonyl (C=O) groups excluding carboxylic acids is 1. The van der Waals surface area contributed by atoms with Gasteiger partial charge in [-0.3, -0.25) is 9.69 Å². The summed E-state index contributed by atoms with van der Waals surface area (Å²) in [5, 5.41) is 11.9. The van der Waals surface area contributed by atoms with Crippen molar-refractivity contribution in [1.29, 1.82) is 5.26 Å². The normalized spacial score (nSPS) is 16.1. The van der Waals surface area contributed by atoms with Gasteiger partial charge in [0.2, 0.25) is 0 Å². The number of carbonyl (C=O) groups is 1. The average Bonchev–Trinajstić information content (AvgIpc) is 2.68. The number of hydrogen-bond acceptors (Lipinski definition) is 4. The number of amides is 1. The van der Waals surface area contributed by atoms with E-state index in [1.807, 2.05) is 13.1 Å². The van der Waals surface area contributed by atoms with Crippen LogP contribution in [-0.4, -0.2) is 54.8 Å². The predicted octanol–water partition coefficient (Wildman–Crippen LogP) is 3.25. The zero-order valence-corrected chi connectivity index (χ0v) is 15.9. The number of nitriles is 1. The molecule has 0 unspecified atom stereocenters. The molecular formula is C21H22FN5O. The Morgan fingerprint density at radius 3 is 2.82 bits per heavy atom. The zero-order chi connectivity index (χ0) is 20.1. The summed E-state index contributed by atoms with van der Waals surface area (Å²) in [6.07, 6.45) is 0. The summed E-state index contributed by atoms with van der Waals surface area (Å²) < 4.78 is 13.4. The summed E-state index contributed by atoms with van der Waals surface area (Å²) in [5.74, 6) is 0.00268. The lowest BCUT2D eigenvalue weighted by Gasteiger charge is -2.34. The van der Waals surface area contributed by atoms with E-state index in [0.29, 0.717) is 23.5 Å². The van der Waals surface area contributed by atoms with Crippen molar-refractivity contribution in [3.05, 3.63) is 59.4 Å². The molecule has 1 aliphatic heterocycles. The minimum absolute atomic E-state index is 0.278. The molecule has 1 N–H and O–H groups in total. The van der Waals surface area contributed by atoms with E-state index in [2.05, 4.69) is 22.0 Å². The topological polar surface area (TPSA) is 71.7 Å². The van der Waals surface area contributed by atoms with Gasteiger partial charge >= 0.3 is 0 Å². The van der Waals surface area contributed by atoms with Gasteiger partial charge in [-0.15, -0.1) is 0 Å². The van der Waals surface area contributed by atoms with Crippen molar-refractivity contribution in [1.82, 2.24) is 9.80 Å². The Morgan fingerprint density at radius 1 is 1.29 bits per heavy atom. The summed E-state index contributed by atoms with van der Waals surface area (Å²) in [5.41, 5.74) is 1.47. The number of piperazine rings is 1. The highest BCUT2D eigenvalue weighted by atomic mass is 19.1. The largest absolute Gasteiger partial charge is 0.358 e. The van der Waals surface area contributed by atoms with E-state index in [4.69, 9.17) is 4.99 Å². The lowest BCUT2D eigenvalue weighted by Crippen LogP contribution is -2.48. The standard InChI is InChI=1S/C21H22FN5O/c1-3-27-10-9-26(2)14-20(27)25-19-8-7-15(13-23)11-18(19)21(28)24-17-6-4-5-16(22)12-17/h4-8,11-12H,3,9-10,14H2,1-2H3,(H,24,28)/b25-20+. The smallest absolute Gasteiger partial charge is 0.257 e. The van der Waals surface area contributed by atoms with E-state index in [-0.39, 0.29) is 5.56 Å². The molecule has 2 aromatic carbocycles. The first-order chi connectivity index (χ1) is 13.5. The van der Waals surface area contributed by atoms with Crippen LogP contribution in [0.25, 0.3) is 0 Å². The van der Waals surface area contributed by atoms with Crippen LogP contribution in [0.2, 0.25) is 0 Å². The van der Waals surface area contributed by atoms with Crippen molar-refractivity contribution in [2.45, 2.75) is 6.92 Å². The van der Waals surface area contributed by atoms with Gasteiger partial charge in [0, 0.05) is 25.3 Å². The van der Waals surface area contributed by atoms with Gasteiger partial charge < -0.3 is 10.2 Å². The van der Waals surface area contributed by atoms with Crippen LogP contribution >= 0.6 is 0 Å². The van der Waals surface area contributed by atoms with Crippen LogP contribution in [0, 0.1) is 17.1 Å². The van der Waals surface area contributed by atoms with Gasteiger partial charge in [0.05, 0.1) is 29.4 Å². The molecule has 3 rings (SSSR count). The summed E-state index contributed by atoms with van der Waals surface area (Å²) >= 11 is 0. The number of hydrogen-bond donors (Lipinski definition) is 1. The number of nitrogens with one attached hydrogen (secondary N) is 1. The molecule has 0 saturated carbocycles. The van der Waals surface area contributed by atoms with Crippen LogP contribution in [0.4, 0.5) is 15.8 Å². The van der Waals surface area contributed by atoms with E-state index in [1.165, 1.54) is 24.3 Å². The van der Waals surface area contributed by atoms with Crippen LogP contribution in [-0.2, 0) is 0 Å². The van der Waals surface area contributed by atoms with E-state index in [9.17, 15) is 14.4 Å². The summed E-state index contributed by atoms with van der Waals surface area (Å²) in [7, 11) is 2.03. The van der Waals surface area contributed by atoms with Gasteiger partial charge in [-0.1, -0.05) is 6.07 Å². The molecular weight excluding hydrogens is 357 g/mol. The first-order valence-electron chi connectivity index (χ1n) is 9.12. The number of aliphatic imine (C=N–C) groups is 1. The molecule has 6 nitrogen and oxygen atoms in total. The molecule has 0 aliphatic carbocycles. The van der Waals surface area contributed by atoms with Crippen LogP contribution in [0.1, 0.15) is 22.8 Å². The molecule has 28 heavy (non-hydrogen) atoms. The predicted molar refractivity (Wildman–Crippen MR) is 107 cm³/mol. The van der Waals surface area contributed by atoms with E-state index < -0.39 is 11.7 Å². The molecule has 0 aromatic heterocycles. The Bertz CT molecular complexity index is 950. The van der Waals surface area contributed by atoms with Crippen molar-refractivity contribution < 1.29 is 9.18 Å². The number of halogens is 1. The SMILES string of the molecule is CCN1CCN(C)C/C1=N\c1ccc(C#N)cc1C(=O)Nc1cccc(F)c1. The van der Waals surface area contributed by atoms with Crippen molar-refractivity contribution in [3.63, 3.8) is 0 Å². The van der Waals surface area contributed by atoms with Crippen molar-refractivity contribution in [2.75, 3.05) is 38.5 Å². The van der Waals surface area contributed by atoms with Crippen molar-refractivity contribution in [2.24, 2.45) is 4.99 Å². The highest BCUT2D eigenvalue weighted by Crippen LogP contribution is 2.24. The van der Waals surface area contributed by atoms with E-state index in [0.717, 1.165) is 25.5 Å². The van der Waals surface area contributed by atoms with Crippen LogP contribution < -0.4 is 5.32 Å². The van der Waals surface area contributed by atoms with Gasteiger partial charge in [0.1, 0.15) is 11.7 Å². The summed E-state index contributed by atoms with van der Waals surface area (Å²) in [4.78, 5) is 21.9. The Kier molecular flexibility index (Phi) is 6.02. The summed E-state index contributed by atoms with van der Waals surface area (Å²) in [6.45, 7) is 5.39. The molecule has 1 fully saturated rings. The van der Waals surface area contributed by atoms with Gasteiger partial charge in [0.15, 0.2) is 0 Å². The Labute approximate surface area is 163 Å². The fraction of sp³-hybridized carbons (Fsp3) is 0.286. The second-order valence-electron chi connectivity index (χ2n) is 6.65. The fourth-order valence-corrected chi connectivity index (χ4v) is 3.08. The Balaban J connectivity index is 1.97. The molecule has 0 bridgehead atoms. The van der Waals surface area contributed by atoms with E-state index >= 15 is 0 Å². The van der Waals surface area contributed by atoms with Gasteiger partial charge in [-0.25, -0.2) is 9.38 Å². The summed E-state index contributed by atoms with van der Waals surface area (Å²) in [6, 6.07) is 12.6. The molecule has 1 heterocycles. The molecule has 7 heteroatoms. The minimum Gasteiger partial charge on any atom is -0.358 e. The second-order valence-corrected chi connectivity index (χ2v) is 6.65. The zero-order valence-electron chi connectivity index (χ0n) is 15.9. The molecule has 144 valence electrons. The number of likely N-dealkylation sites (N-methyl/N-ethyl adjacent to an activating group) is 2. The van der Waals surface area contributed by atoms with Gasteiger partial charge in [0.25, 0.3) is 5.91 Å². The molecule has 1 aliphatic rings. The van der Waals surface area contributed by atoms with Crippen LogP contribution in [0.5, 0.6) is 0 Å². The maximum absolute atomic E-state index is 13.4. The Morgan fingerprint density at radius 2 is 2.11 bits per heavy atom. The monoisotopic (exact) mass is 379 g/mol. The molecule has 2 aromatic rings. The number of amidine groups is 1.